The molecule has 0 aliphatic rings. The molecule has 0 fully saturated rings. The maximum atomic E-state index is 12.7. The van der Waals surface area contributed by atoms with E-state index in [4.69, 9.17) is 4.42 Å². The van der Waals surface area contributed by atoms with Crippen molar-refractivity contribution in [3.8, 4) is 11.3 Å². The SMILES string of the molecule is Cc1ccc2nc(-c3cc4ccc(N(C)Cc5cccnc5)cc4oc3=O)cn2c1. The number of anilines is 1. The predicted octanol–water partition coefficient (Wildman–Crippen LogP) is 4.45. The van der Waals surface area contributed by atoms with Crippen LogP contribution in [-0.4, -0.2) is 21.4 Å². The Balaban J connectivity index is 1.51. The number of imidazole rings is 1. The van der Waals surface area contributed by atoms with E-state index in [0.29, 0.717) is 23.4 Å². The summed E-state index contributed by atoms with van der Waals surface area (Å²) in [5.41, 5.74) is 5.22. The van der Waals surface area contributed by atoms with Crippen molar-refractivity contribution < 1.29 is 4.42 Å². The number of pyridine rings is 2. The lowest BCUT2D eigenvalue weighted by atomic mass is 10.1. The van der Waals surface area contributed by atoms with E-state index in [1.807, 2.05) is 85.5 Å². The van der Waals surface area contributed by atoms with E-state index in [9.17, 15) is 4.79 Å². The molecule has 0 spiro atoms. The molecule has 4 heterocycles. The van der Waals surface area contributed by atoms with E-state index in [-0.39, 0.29) is 0 Å². The van der Waals surface area contributed by atoms with Gasteiger partial charge in [0.05, 0.1) is 11.3 Å². The lowest BCUT2D eigenvalue weighted by Crippen LogP contribution is -2.16. The molecule has 0 unspecified atom stereocenters. The van der Waals surface area contributed by atoms with Gasteiger partial charge in [-0.2, -0.15) is 0 Å². The first kappa shape index (κ1) is 18.1. The molecule has 0 saturated carbocycles. The molecule has 0 bridgehead atoms. The third-order valence-electron chi connectivity index (χ3n) is 5.18. The lowest BCUT2D eigenvalue weighted by Gasteiger charge is -2.19. The van der Waals surface area contributed by atoms with Crippen molar-refractivity contribution in [1.29, 1.82) is 0 Å². The van der Waals surface area contributed by atoms with Gasteiger partial charge in [-0.1, -0.05) is 12.1 Å². The van der Waals surface area contributed by atoms with Gasteiger partial charge in [-0.15, -0.1) is 0 Å². The third-order valence-corrected chi connectivity index (χ3v) is 5.18. The molecule has 30 heavy (non-hydrogen) atoms. The van der Waals surface area contributed by atoms with Gasteiger partial charge in [0.1, 0.15) is 11.2 Å². The zero-order chi connectivity index (χ0) is 20.7. The average molecular weight is 396 g/mol. The normalized spacial score (nSPS) is 11.3. The van der Waals surface area contributed by atoms with Gasteiger partial charge in [0.15, 0.2) is 0 Å². The first-order valence-electron chi connectivity index (χ1n) is 9.70. The van der Waals surface area contributed by atoms with Crippen molar-refractivity contribution in [2.24, 2.45) is 0 Å². The smallest absolute Gasteiger partial charge is 0.345 e. The van der Waals surface area contributed by atoms with Crippen molar-refractivity contribution in [1.82, 2.24) is 14.4 Å². The van der Waals surface area contributed by atoms with Crippen molar-refractivity contribution in [3.63, 3.8) is 0 Å². The second kappa shape index (κ2) is 7.15. The molecule has 6 nitrogen and oxygen atoms in total. The van der Waals surface area contributed by atoms with Gasteiger partial charge >= 0.3 is 5.63 Å². The van der Waals surface area contributed by atoms with Crippen LogP contribution in [0.4, 0.5) is 5.69 Å². The molecule has 0 saturated heterocycles. The van der Waals surface area contributed by atoms with Gasteiger partial charge in [0, 0.05) is 55.5 Å². The van der Waals surface area contributed by atoms with Crippen LogP contribution in [0.2, 0.25) is 0 Å². The molecular formula is C24H20N4O2. The molecule has 4 aromatic heterocycles. The van der Waals surface area contributed by atoms with Crippen LogP contribution >= 0.6 is 0 Å². The van der Waals surface area contributed by atoms with Gasteiger partial charge < -0.3 is 13.7 Å². The van der Waals surface area contributed by atoms with Crippen molar-refractivity contribution in [2.75, 3.05) is 11.9 Å². The largest absolute Gasteiger partial charge is 0.422 e. The van der Waals surface area contributed by atoms with Crippen LogP contribution in [0.25, 0.3) is 27.9 Å². The number of aryl methyl sites for hydroxylation is 1. The summed E-state index contributed by atoms with van der Waals surface area (Å²) in [6, 6.07) is 15.6. The van der Waals surface area contributed by atoms with Crippen LogP contribution in [-0.2, 0) is 6.54 Å². The Kier molecular flexibility index (Phi) is 4.32. The highest BCUT2D eigenvalue weighted by molar-refractivity contribution is 5.84. The fourth-order valence-electron chi connectivity index (χ4n) is 3.61. The van der Waals surface area contributed by atoms with Gasteiger partial charge in [-0.25, -0.2) is 9.78 Å². The summed E-state index contributed by atoms with van der Waals surface area (Å²) in [6.45, 7) is 2.73. The molecule has 0 N–H and O–H groups in total. The number of nitrogens with zero attached hydrogens (tertiary/aromatic N) is 4. The van der Waals surface area contributed by atoms with Crippen LogP contribution in [0.5, 0.6) is 0 Å². The molecule has 1 aromatic carbocycles. The summed E-state index contributed by atoms with van der Waals surface area (Å²) in [5, 5.41) is 0.858. The highest BCUT2D eigenvalue weighted by Crippen LogP contribution is 2.25. The van der Waals surface area contributed by atoms with Crippen molar-refractivity contribution >= 4 is 22.3 Å². The molecule has 0 radical (unpaired) electrons. The average Bonchev–Trinajstić information content (AvgIpc) is 3.16. The van der Waals surface area contributed by atoms with E-state index < -0.39 is 5.63 Å². The second-order valence-corrected chi connectivity index (χ2v) is 7.49. The van der Waals surface area contributed by atoms with Gasteiger partial charge in [0.2, 0.25) is 0 Å². The van der Waals surface area contributed by atoms with Crippen LogP contribution in [0.15, 0.2) is 82.5 Å². The van der Waals surface area contributed by atoms with E-state index in [0.717, 1.165) is 27.8 Å². The number of hydrogen-bond acceptors (Lipinski definition) is 5. The minimum Gasteiger partial charge on any atom is -0.422 e. The molecule has 0 aliphatic carbocycles. The Morgan fingerprint density at radius 1 is 1.10 bits per heavy atom. The topological polar surface area (TPSA) is 63.6 Å². The molecule has 148 valence electrons. The van der Waals surface area contributed by atoms with Crippen LogP contribution < -0.4 is 10.5 Å². The number of fused-ring (bicyclic) bond motifs is 2. The predicted molar refractivity (Wildman–Crippen MR) is 118 cm³/mol. The van der Waals surface area contributed by atoms with Crippen molar-refractivity contribution in [2.45, 2.75) is 13.5 Å². The highest BCUT2D eigenvalue weighted by atomic mass is 16.4. The minimum absolute atomic E-state index is 0.394. The fourth-order valence-corrected chi connectivity index (χ4v) is 3.61. The molecule has 0 atom stereocenters. The second-order valence-electron chi connectivity index (χ2n) is 7.49. The Morgan fingerprint density at radius 3 is 2.83 bits per heavy atom. The zero-order valence-corrected chi connectivity index (χ0v) is 16.7. The molecular weight excluding hydrogens is 376 g/mol. The Bertz CT molecular complexity index is 1420. The van der Waals surface area contributed by atoms with E-state index in [1.165, 1.54) is 0 Å². The standard InChI is InChI=1S/C24H20N4O2/c1-16-5-8-23-26-21(15-28(23)13-16)20-10-18-6-7-19(11-22(18)30-24(20)29)27(2)14-17-4-3-9-25-12-17/h3-13,15H,14H2,1-2H3. The molecule has 5 aromatic rings. The summed E-state index contributed by atoms with van der Waals surface area (Å²) in [4.78, 5) is 23.5. The Hall–Kier alpha value is -3.93. The first-order chi connectivity index (χ1) is 14.6. The van der Waals surface area contributed by atoms with Crippen molar-refractivity contribution in [3.05, 3.63) is 94.9 Å². The summed E-state index contributed by atoms with van der Waals surface area (Å²) < 4.78 is 7.59. The zero-order valence-electron chi connectivity index (χ0n) is 16.7. The highest BCUT2D eigenvalue weighted by Gasteiger charge is 2.13. The summed E-state index contributed by atoms with van der Waals surface area (Å²) >= 11 is 0. The van der Waals surface area contributed by atoms with E-state index in [1.54, 1.807) is 6.20 Å². The number of aromatic nitrogens is 3. The fraction of sp³-hybridized carbons (Fsp3) is 0.125. The Labute approximate surface area is 173 Å². The maximum absolute atomic E-state index is 12.7. The first-order valence-corrected chi connectivity index (χ1v) is 9.70. The maximum Gasteiger partial charge on any atom is 0.345 e. The van der Waals surface area contributed by atoms with Crippen LogP contribution in [0.3, 0.4) is 0 Å². The monoisotopic (exact) mass is 396 g/mol. The van der Waals surface area contributed by atoms with Crippen LogP contribution in [0.1, 0.15) is 11.1 Å². The molecule has 5 rings (SSSR count). The lowest BCUT2D eigenvalue weighted by molar-refractivity contribution is 0.563. The number of hydrogen-bond donors (Lipinski definition) is 0. The summed E-state index contributed by atoms with van der Waals surface area (Å²) in [6.07, 6.45) is 7.45. The van der Waals surface area contributed by atoms with Gasteiger partial charge in [0.25, 0.3) is 0 Å². The number of rotatable bonds is 4. The van der Waals surface area contributed by atoms with Crippen LogP contribution in [0, 0.1) is 6.92 Å². The molecule has 6 heteroatoms. The summed E-state index contributed by atoms with van der Waals surface area (Å²) in [5.74, 6) is 0. The third kappa shape index (κ3) is 3.33. The molecule has 0 aliphatic heterocycles. The minimum atomic E-state index is -0.394. The molecule has 0 amide bonds. The van der Waals surface area contributed by atoms with E-state index >= 15 is 0 Å². The van der Waals surface area contributed by atoms with Gasteiger partial charge in [-0.05, 0) is 48.4 Å². The Morgan fingerprint density at radius 2 is 2.00 bits per heavy atom. The number of benzene rings is 1. The van der Waals surface area contributed by atoms with E-state index in [2.05, 4.69) is 14.9 Å². The quantitative estimate of drug-likeness (QED) is 0.420. The summed E-state index contributed by atoms with van der Waals surface area (Å²) in [7, 11) is 2.00. The van der Waals surface area contributed by atoms with Gasteiger partial charge in [-0.3, -0.25) is 4.98 Å².